The second-order valence-corrected chi connectivity index (χ2v) is 5.76. The normalized spacial score (nSPS) is 27.1. The maximum Gasteiger partial charge on any atom is 0.248 e. The largest absolute Gasteiger partial charge is 0.356 e. The second kappa shape index (κ2) is 3.80. The Hall–Kier alpha value is -1.43. The molecule has 1 amide bonds. The Bertz CT molecular complexity index is 520. The molecule has 1 fully saturated rings. The van der Waals surface area contributed by atoms with Crippen molar-refractivity contribution < 1.29 is 13.4 Å². The minimum Gasteiger partial charge on any atom is -0.356 e. The number of anilines is 2. The minimum atomic E-state index is -0.958. The van der Waals surface area contributed by atoms with Gasteiger partial charge in [0.2, 0.25) is 5.91 Å². The molecule has 1 aromatic carbocycles. The molecule has 17 heavy (non-hydrogen) atoms. The summed E-state index contributed by atoms with van der Waals surface area (Å²) in [7, 11) is -0.958. The fourth-order valence-corrected chi connectivity index (χ4v) is 3.54. The van der Waals surface area contributed by atoms with Crippen LogP contribution >= 0.6 is 0 Å². The van der Waals surface area contributed by atoms with Crippen molar-refractivity contribution in [2.45, 2.75) is 6.04 Å². The highest BCUT2D eigenvalue weighted by molar-refractivity contribution is 7.85. The molecule has 2 aliphatic heterocycles. The van der Waals surface area contributed by atoms with E-state index in [-0.39, 0.29) is 11.6 Å². The van der Waals surface area contributed by atoms with E-state index in [9.17, 15) is 13.4 Å². The summed E-state index contributed by atoms with van der Waals surface area (Å²) in [5, 5.41) is 2.56. The number of halogens is 1. The van der Waals surface area contributed by atoms with Crippen LogP contribution in [0.2, 0.25) is 0 Å². The van der Waals surface area contributed by atoms with Gasteiger partial charge in [-0.3, -0.25) is 9.00 Å². The van der Waals surface area contributed by atoms with Crippen LogP contribution in [0.25, 0.3) is 0 Å². The summed E-state index contributed by atoms with van der Waals surface area (Å²) in [6.45, 7) is 0.529. The molecule has 2 aliphatic rings. The van der Waals surface area contributed by atoms with Crippen LogP contribution in [-0.2, 0) is 15.6 Å². The summed E-state index contributed by atoms with van der Waals surface area (Å²) in [5.41, 5.74) is 0.924. The molecule has 2 atom stereocenters. The van der Waals surface area contributed by atoms with Gasteiger partial charge in [-0.2, -0.15) is 0 Å². The molecule has 0 aliphatic carbocycles. The van der Waals surface area contributed by atoms with Crippen molar-refractivity contribution in [3.63, 3.8) is 0 Å². The van der Waals surface area contributed by atoms with Gasteiger partial charge in [0.25, 0.3) is 0 Å². The van der Waals surface area contributed by atoms with Crippen LogP contribution in [-0.4, -0.2) is 34.2 Å². The second-order valence-electron chi connectivity index (χ2n) is 4.14. The van der Waals surface area contributed by atoms with E-state index in [1.807, 2.05) is 4.90 Å². The zero-order valence-corrected chi connectivity index (χ0v) is 9.80. The van der Waals surface area contributed by atoms with Gasteiger partial charge in [0.1, 0.15) is 17.5 Å². The molecule has 2 heterocycles. The van der Waals surface area contributed by atoms with E-state index < -0.39 is 22.7 Å². The minimum absolute atomic E-state index is 0.237. The SMILES string of the molecule is O=C1Nc2c(F)cccc2N2CCS(=O)CC12. The number of carbonyl (C=O) groups is 1. The highest BCUT2D eigenvalue weighted by atomic mass is 32.2. The molecular formula is C11H11FN2O2S. The van der Waals surface area contributed by atoms with Crippen LogP contribution in [0.4, 0.5) is 15.8 Å². The van der Waals surface area contributed by atoms with Gasteiger partial charge in [-0.1, -0.05) is 6.07 Å². The third kappa shape index (κ3) is 1.63. The molecular weight excluding hydrogens is 243 g/mol. The van der Waals surface area contributed by atoms with Crippen LogP contribution in [0, 0.1) is 5.82 Å². The number of nitrogens with one attached hydrogen (secondary N) is 1. The Morgan fingerprint density at radius 2 is 2.29 bits per heavy atom. The maximum atomic E-state index is 13.6. The quantitative estimate of drug-likeness (QED) is 0.742. The van der Waals surface area contributed by atoms with Gasteiger partial charge in [-0.25, -0.2) is 4.39 Å². The van der Waals surface area contributed by atoms with Gasteiger partial charge < -0.3 is 10.2 Å². The lowest BCUT2D eigenvalue weighted by Gasteiger charge is -2.40. The van der Waals surface area contributed by atoms with Crippen LogP contribution in [0.3, 0.4) is 0 Å². The standard InChI is InChI=1S/C11H11FN2O2S/c12-7-2-1-3-8-10(7)13-11(15)9-6-17(16)5-4-14(8)9/h1-3,9H,4-6H2,(H,13,15). The summed E-state index contributed by atoms with van der Waals surface area (Å²) < 4.78 is 25.1. The van der Waals surface area contributed by atoms with Crippen LogP contribution in [0.15, 0.2) is 18.2 Å². The maximum absolute atomic E-state index is 13.6. The number of carbonyl (C=O) groups excluding carboxylic acids is 1. The Labute approximate surface area is 100 Å². The summed E-state index contributed by atoms with van der Waals surface area (Å²) in [5.74, 6) is 0.151. The van der Waals surface area contributed by atoms with Crippen molar-refractivity contribution in [2.75, 3.05) is 28.3 Å². The van der Waals surface area contributed by atoms with Crippen LogP contribution < -0.4 is 10.2 Å². The van der Waals surface area contributed by atoms with Crippen molar-refractivity contribution in [2.24, 2.45) is 0 Å². The Morgan fingerprint density at radius 3 is 3.12 bits per heavy atom. The van der Waals surface area contributed by atoms with Crippen molar-refractivity contribution >= 4 is 28.1 Å². The lowest BCUT2D eigenvalue weighted by molar-refractivity contribution is -0.117. The number of hydrogen-bond acceptors (Lipinski definition) is 3. The molecule has 0 spiro atoms. The number of amides is 1. The first kappa shape index (κ1) is 10.7. The highest BCUT2D eigenvalue weighted by Crippen LogP contribution is 2.35. The van der Waals surface area contributed by atoms with E-state index >= 15 is 0 Å². The molecule has 1 saturated heterocycles. The zero-order valence-electron chi connectivity index (χ0n) is 8.98. The molecule has 1 N–H and O–H groups in total. The summed E-state index contributed by atoms with van der Waals surface area (Å²) >= 11 is 0. The molecule has 3 rings (SSSR count). The Morgan fingerprint density at radius 1 is 1.47 bits per heavy atom. The third-order valence-electron chi connectivity index (χ3n) is 3.13. The van der Waals surface area contributed by atoms with Gasteiger partial charge >= 0.3 is 0 Å². The third-order valence-corrected chi connectivity index (χ3v) is 4.46. The van der Waals surface area contributed by atoms with E-state index in [4.69, 9.17) is 0 Å². The Balaban J connectivity index is 2.08. The van der Waals surface area contributed by atoms with E-state index in [0.717, 1.165) is 0 Å². The molecule has 6 heteroatoms. The Kier molecular flexibility index (Phi) is 2.39. The summed E-state index contributed by atoms with van der Waals surface area (Å²) in [4.78, 5) is 13.7. The molecule has 4 nitrogen and oxygen atoms in total. The number of fused-ring (bicyclic) bond motifs is 3. The summed E-state index contributed by atoms with van der Waals surface area (Å²) in [6.07, 6.45) is 0. The topological polar surface area (TPSA) is 49.4 Å². The zero-order chi connectivity index (χ0) is 12.0. The van der Waals surface area contributed by atoms with E-state index in [2.05, 4.69) is 5.32 Å². The monoisotopic (exact) mass is 254 g/mol. The molecule has 0 radical (unpaired) electrons. The molecule has 1 aromatic rings. The fourth-order valence-electron chi connectivity index (χ4n) is 2.29. The molecule has 0 saturated carbocycles. The van der Waals surface area contributed by atoms with Crippen molar-refractivity contribution in [3.05, 3.63) is 24.0 Å². The summed E-state index contributed by atoms with van der Waals surface area (Å²) in [6, 6.07) is 4.29. The molecule has 90 valence electrons. The average molecular weight is 254 g/mol. The van der Waals surface area contributed by atoms with Gasteiger partial charge in [0.15, 0.2) is 0 Å². The fraction of sp³-hybridized carbons (Fsp3) is 0.364. The molecule has 0 bridgehead atoms. The highest BCUT2D eigenvalue weighted by Gasteiger charge is 2.37. The van der Waals surface area contributed by atoms with E-state index in [1.165, 1.54) is 6.07 Å². The van der Waals surface area contributed by atoms with Gasteiger partial charge in [-0.05, 0) is 12.1 Å². The van der Waals surface area contributed by atoms with E-state index in [0.29, 0.717) is 23.7 Å². The van der Waals surface area contributed by atoms with Crippen LogP contribution in [0.5, 0.6) is 0 Å². The van der Waals surface area contributed by atoms with Crippen molar-refractivity contribution in [3.8, 4) is 0 Å². The smallest absolute Gasteiger partial charge is 0.248 e. The predicted molar refractivity (Wildman–Crippen MR) is 64.0 cm³/mol. The van der Waals surface area contributed by atoms with Gasteiger partial charge in [0, 0.05) is 23.1 Å². The van der Waals surface area contributed by atoms with Crippen LogP contribution in [0.1, 0.15) is 0 Å². The number of benzene rings is 1. The molecule has 2 unspecified atom stereocenters. The van der Waals surface area contributed by atoms with Crippen molar-refractivity contribution in [1.29, 1.82) is 0 Å². The lowest BCUT2D eigenvalue weighted by Crippen LogP contribution is -2.55. The van der Waals surface area contributed by atoms with Gasteiger partial charge in [-0.15, -0.1) is 0 Å². The molecule has 0 aromatic heterocycles. The predicted octanol–water partition coefficient (Wildman–Crippen LogP) is 0.715. The number of nitrogens with zero attached hydrogens (tertiary/aromatic N) is 1. The van der Waals surface area contributed by atoms with E-state index in [1.54, 1.807) is 12.1 Å². The van der Waals surface area contributed by atoms with Crippen molar-refractivity contribution in [1.82, 2.24) is 0 Å². The van der Waals surface area contributed by atoms with Gasteiger partial charge in [0.05, 0.1) is 11.4 Å². The number of hydrogen-bond donors (Lipinski definition) is 1. The average Bonchev–Trinajstić information content (AvgIpc) is 2.31. The lowest BCUT2D eigenvalue weighted by atomic mass is 10.1. The number of para-hydroxylation sites is 1. The first-order valence-corrected chi connectivity index (χ1v) is 6.86. The first-order chi connectivity index (χ1) is 8.16. The number of rotatable bonds is 0. The first-order valence-electron chi connectivity index (χ1n) is 5.38.